The molecule has 0 N–H and O–H groups in total. The van der Waals surface area contributed by atoms with Crippen molar-refractivity contribution in [3.63, 3.8) is 0 Å². The number of rotatable bonds is 13. The van der Waals surface area contributed by atoms with Crippen molar-refractivity contribution in [3.05, 3.63) is 24.3 Å². The first kappa shape index (κ1) is 22.1. The molecule has 21 heavy (non-hydrogen) atoms. The lowest BCUT2D eigenvalue weighted by Gasteiger charge is -1.94. The highest BCUT2D eigenvalue weighted by Crippen LogP contribution is 2.04. The normalized spacial score (nSPS) is 10.6. The van der Waals surface area contributed by atoms with E-state index < -0.39 is 0 Å². The first-order valence-corrected chi connectivity index (χ1v) is 8.54. The maximum atomic E-state index is 9.85. The summed E-state index contributed by atoms with van der Waals surface area (Å²) in [6, 6.07) is 0. The molecule has 0 aromatic rings. The second-order valence-electron chi connectivity index (χ2n) is 5.18. The quantitative estimate of drug-likeness (QED) is 0.244. The van der Waals surface area contributed by atoms with Crippen LogP contribution in [-0.2, 0) is 9.59 Å². The van der Waals surface area contributed by atoms with Crippen molar-refractivity contribution in [2.45, 2.75) is 84.5 Å². The minimum atomic E-state index is 0.833. The van der Waals surface area contributed by atoms with Gasteiger partial charge in [0.25, 0.3) is 0 Å². The maximum Gasteiger partial charge on any atom is 0.142 e. The fraction of sp³-hybridized carbons (Fsp3) is 0.684. The van der Waals surface area contributed by atoms with Crippen molar-refractivity contribution in [1.29, 1.82) is 0 Å². The van der Waals surface area contributed by atoms with E-state index in [1.165, 1.54) is 57.8 Å². The van der Waals surface area contributed by atoms with E-state index in [0.29, 0.717) is 0 Å². The average Bonchev–Trinajstić information content (AvgIpc) is 2.51. The highest BCUT2D eigenvalue weighted by Gasteiger charge is 1.85. The number of aldehydes is 2. The summed E-state index contributed by atoms with van der Waals surface area (Å²) in [5.74, 6) is 0. The van der Waals surface area contributed by atoms with E-state index >= 15 is 0 Å². The van der Waals surface area contributed by atoms with Gasteiger partial charge in [-0.2, -0.15) is 0 Å². The zero-order chi connectivity index (χ0) is 16.0. The molecule has 0 aliphatic carbocycles. The zero-order valence-corrected chi connectivity index (χ0v) is 14.1. The van der Waals surface area contributed by atoms with Gasteiger partial charge in [-0.3, -0.25) is 9.59 Å². The molecular formula is C19H34O2. The lowest BCUT2D eigenvalue weighted by molar-refractivity contribution is -0.104. The van der Waals surface area contributed by atoms with E-state index in [9.17, 15) is 9.59 Å². The molecule has 0 saturated heterocycles. The number of carbonyl (C=O) groups excluding carboxylic acids is 2. The van der Waals surface area contributed by atoms with Gasteiger partial charge in [0.1, 0.15) is 12.6 Å². The topological polar surface area (TPSA) is 34.1 Å². The number of hydrogen-bond donors (Lipinski definition) is 0. The molecule has 0 aliphatic rings. The smallest absolute Gasteiger partial charge is 0.142 e. The fourth-order valence-electron chi connectivity index (χ4n) is 1.86. The molecule has 0 fully saturated rings. The van der Waals surface area contributed by atoms with E-state index in [1.54, 1.807) is 12.2 Å². The Morgan fingerprint density at radius 1 is 0.571 bits per heavy atom. The Morgan fingerprint density at radius 2 is 0.952 bits per heavy atom. The largest absolute Gasteiger partial charge is 0.299 e. The zero-order valence-electron chi connectivity index (χ0n) is 14.1. The Bertz CT molecular complexity index is 254. The van der Waals surface area contributed by atoms with Crippen LogP contribution in [0.15, 0.2) is 24.3 Å². The molecule has 0 spiro atoms. The molecule has 122 valence electrons. The van der Waals surface area contributed by atoms with E-state index in [2.05, 4.69) is 13.8 Å². The molecule has 0 saturated carbocycles. The molecule has 2 nitrogen and oxygen atoms in total. The summed E-state index contributed by atoms with van der Waals surface area (Å²) < 4.78 is 0. The predicted octanol–water partition coefficient (Wildman–Crippen LogP) is 5.81. The standard InChI is InChI=1S/C10H18O.C9H16O/c1-2-3-4-5-6-7-8-9-10-11;1-2-3-4-5-6-7-8-9-10/h8-10H,2-7H2,1H3;7-9H,2-6H2,1H3/b9-8-;8-7+. The van der Waals surface area contributed by atoms with Gasteiger partial charge in [0, 0.05) is 0 Å². The van der Waals surface area contributed by atoms with Crippen LogP contribution in [0.2, 0.25) is 0 Å². The van der Waals surface area contributed by atoms with E-state index in [4.69, 9.17) is 0 Å². The Hall–Kier alpha value is -1.18. The lowest BCUT2D eigenvalue weighted by Crippen LogP contribution is -1.75. The Labute approximate surface area is 131 Å². The molecule has 0 aromatic carbocycles. The second kappa shape index (κ2) is 23.9. The molecular weight excluding hydrogens is 260 g/mol. The Morgan fingerprint density at radius 3 is 1.33 bits per heavy atom. The fourth-order valence-corrected chi connectivity index (χ4v) is 1.86. The maximum absolute atomic E-state index is 9.85. The van der Waals surface area contributed by atoms with Crippen molar-refractivity contribution < 1.29 is 9.59 Å². The minimum Gasteiger partial charge on any atom is -0.299 e. The van der Waals surface area contributed by atoms with E-state index in [1.807, 2.05) is 12.2 Å². The number of hydrogen-bond acceptors (Lipinski definition) is 2. The van der Waals surface area contributed by atoms with Crippen LogP contribution in [0.25, 0.3) is 0 Å². The monoisotopic (exact) mass is 294 g/mol. The third-order valence-corrected chi connectivity index (χ3v) is 3.13. The van der Waals surface area contributed by atoms with Crippen LogP contribution in [0.5, 0.6) is 0 Å². The molecule has 0 radical (unpaired) electrons. The van der Waals surface area contributed by atoms with Crippen LogP contribution in [0.4, 0.5) is 0 Å². The number of allylic oxidation sites excluding steroid dienone is 4. The summed E-state index contributed by atoms with van der Waals surface area (Å²) >= 11 is 0. The van der Waals surface area contributed by atoms with Crippen molar-refractivity contribution in [1.82, 2.24) is 0 Å². The summed E-state index contributed by atoms with van der Waals surface area (Å²) in [7, 11) is 0. The van der Waals surface area contributed by atoms with Gasteiger partial charge in [-0.1, -0.05) is 70.9 Å². The van der Waals surface area contributed by atoms with Crippen LogP contribution < -0.4 is 0 Å². The molecule has 0 atom stereocenters. The van der Waals surface area contributed by atoms with Crippen molar-refractivity contribution in [3.8, 4) is 0 Å². The van der Waals surface area contributed by atoms with Gasteiger partial charge in [0.2, 0.25) is 0 Å². The minimum absolute atomic E-state index is 0.833. The van der Waals surface area contributed by atoms with Crippen molar-refractivity contribution >= 4 is 12.6 Å². The molecule has 0 bridgehead atoms. The summed E-state index contributed by atoms with van der Waals surface area (Å²) in [6.07, 6.45) is 22.4. The van der Waals surface area contributed by atoms with Crippen LogP contribution in [-0.4, -0.2) is 12.6 Å². The highest BCUT2D eigenvalue weighted by atomic mass is 16.1. The Balaban J connectivity index is 0. The second-order valence-corrected chi connectivity index (χ2v) is 5.18. The summed E-state index contributed by atoms with van der Waals surface area (Å²) in [5.41, 5.74) is 0. The Kier molecular flexibility index (Phi) is 25.1. The van der Waals surface area contributed by atoms with Gasteiger partial charge >= 0.3 is 0 Å². The molecule has 0 unspecified atom stereocenters. The first-order valence-electron chi connectivity index (χ1n) is 8.54. The van der Waals surface area contributed by atoms with Crippen molar-refractivity contribution in [2.75, 3.05) is 0 Å². The van der Waals surface area contributed by atoms with Crippen molar-refractivity contribution in [2.24, 2.45) is 0 Å². The van der Waals surface area contributed by atoms with Crippen LogP contribution in [0.1, 0.15) is 84.5 Å². The van der Waals surface area contributed by atoms with Gasteiger partial charge in [-0.05, 0) is 37.8 Å². The lowest BCUT2D eigenvalue weighted by atomic mass is 10.1. The van der Waals surface area contributed by atoms with Gasteiger partial charge in [0.05, 0.1) is 0 Å². The molecule has 0 aromatic heterocycles. The average molecular weight is 294 g/mol. The van der Waals surface area contributed by atoms with Crippen LogP contribution in [0, 0.1) is 0 Å². The summed E-state index contributed by atoms with van der Waals surface area (Å²) in [4.78, 5) is 19.7. The molecule has 0 rings (SSSR count). The van der Waals surface area contributed by atoms with Crippen LogP contribution >= 0.6 is 0 Å². The summed E-state index contributed by atoms with van der Waals surface area (Å²) in [6.45, 7) is 4.41. The SMILES string of the molecule is CCCCCC/C=C/C=O.CCCCCCC/C=C\C=O. The van der Waals surface area contributed by atoms with Gasteiger partial charge in [-0.15, -0.1) is 0 Å². The van der Waals surface area contributed by atoms with Gasteiger partial charge in [-0.25, -0.2) is 0 Å². The van der Waals surface area contributed by atoms with E-state index in [-0.39, 0.29) is 0 Å². The third kappa shape index (κ3) is 27.9. The van der Waals surface area contributed by atoms with Crippen LogP contribution in [0.3, 0.4) is 0 Å². The van der Waals surface area contributed by atoms with Gasteiger partial charge in [0.15, 0.2) is 0 Å². The predicted molar refractivity (Wildman–Crippen MR) is 92.5 cm³/mol. The molecule has 0 aliphatic heterocycles. The molecule has 0 heterocycles. The number of unbranched alkanes of at least 4 members (excludes halogenated alkanes) is 9. The summed E-state index contributed by atoms with van der Waals surface area (Å²) in [5, 5.41) is 0. The third-order valence-electron chi connectivity index (χ3n) is 3.13. The highest BCUT2D eigenvalue weighted by molar-refractivity contribution is 5.64. The number of carbonyl (C=O) groups is 2. The van der Waals surface area contributed by atoms with E-state index in [0.717, 1.165) is 25.4 Å². The van der Waals surface area contributed by atoms with Gasteiger partial charge < -0.3 is 0 Å². The first-order chi connectivity index (χ1) is 10.3. The molecule has 0 amide bonds. The molecule has 2 heteroatoms.